The number of hydrogen-bond donors (Lipinski definition) is 2. The van der Waals surface area contributed by atoms with Crippen molar-refractivity contribution in [1.82, 2.24) is 4.98 Å². The van der Waals surface area contributed by atoms with Crippen LogP contribution < -0.4 is 11.3 Å². The standard InChI is InChI=1S/C15H17N3/c16-18-14-8-9-17-15(10-14)13-6-4-12(5-7-13)11-2-1-3-11/h4-11H,1-3,16H2,(H,17,18). The smallest absolute Gasteiger partial charge is 0.0723 e. The average molecular weight is 239 g/mol. The van der Waals surface area contributed by atoms with E-state index < -0.39 is 0 Å². The second kappa shape index (κ2) is 4.78. The lowest BCUT2D eigenvalue weighted by molar-refractivity contribution is 0.420. The normalized spacial score (nSPS) is 15.2. The molecule has 1 aliphatic carbocycles. The molecule has 0 atom stereocenters. The zero-order valence-corrected chi connectivity index (χ0v) is 10.3. The zero-order chi connectivity index (χ0) is 12.4. The maximum Gasteiger partial charge on any atom is 0.0723 e. The van der Waals surface area contributed by atoms with E-state index in [-0.39, 0.29) is 0 Å². The summed E-state index contributed by atoms with van der Waals surface area (Å²) in [4.78, 5) is 4.37. The van der Waals surface area contributed by atoms with Crippen LogP contribution in [0.1, 0.15) is 30.7 Å². The van der Waals surface area contributed by atoms with Crippen LogP contribution in [0.25, 0.3) is 11.3 Å². The lowest BCUT2D eigenvalue weighted by Crippen LogP contribution is -2.08. The van der Waals surface area contributed by atoms with Crippen molar-refractivity contribution >= 4 is 5.69 Å². The van der Waals surface area contributed by atoms with E-state index in [4.69, 9.17) is 5.84 Å². The minimum absolute atomic E-state index is 0.782. The summed E-state index contributed by atoms with van der Waals surface area (Å²) >= 11 is 0. The number of anilines is 1. The van der Waals surface area contributed by atoms with Crippen molar-refractivity contribution in [2.45, 2.75) is 25.2 Å². The number of rotatable bonds is 3. The van der Waals surface area contributed by atoms with Crippen LogP contribution in [0.2, 0.25) is 0 Å². The van der Waals surface area contributed by atoms with E-state index in [0.717, 1.165) is 22.9 Å². The predicted octanol–water partition coefficient (Wildman–Crippen LogP) is 3.30. The van der Waals surface area contributed by atoms with E-state index in [0.29, 0.717) is 0 Å². The number of nitrogen functional groups attached to an aromatic ring is 1. The van der Waals surface area contributed by atoms with Gasteiger partial charge in [0.2, 0.25) is 0 Å². The fourth-order valence-electron chi connectivity index (χ4n) is 2.35. The first-order valence-corrected chi connectivity index (χ1v) is 6.40. The highest BCUT2D eigenvalue weighted by Crippen LogP contribution is 2.36. The van der Waals surface area contributed by atoms with Crippen molar-refractivity contribution in [2.75, 3.05) is 5.43 Å². The first-order chi connectivity index (χ1) is 8.86. The number of nitrogens with one attached hydrogen (secondary N) is 1. The van der Waals surface area contributed by atoms with Crippen LogP contribution in [0, 0.1) is 0 Å². The van der Waals surface area contributed by atoms with Gasteiger partial charge in [-0.1, -0.05) is 30.7 Å². The highest BCUT2D eigenvalue weighted by atomic mass is 15.2. The molecule has 3 heteroatoms. The van der Waals surface area contributed by atoms with Crippen molar-refractivity contribution in [3.8, 4) is 11.3 Å². The lowest BCUT2D eigenvalue weighted by atomic mass is 9.80. The molecule has 0 amide bonds. The quantitative estimate of drug-likeness (QED) is 0.638. The number of aromatic nitrogens is 1. The topological polar surface area (TPSA) is 50.9 Å². The van der Waals surface area contributed by atoms with Gasteiger partial charge in [0.25, 0.3) is 0 Å². The molecule has 1 aliphatic rings. The van der Waals surface area contributed by atoms with Gasteiger partial charge in [0.1, 0.15) is 0 Å². The first-order valence-electron chi connectivity index (χ1n) is 6.40. The molecular formula is C15H17N3. The van der Waals surface area contributed by atoms with Crippen LogP contribution in [0.3, 0.4) is 0 Å². The van der Waals surface area contributed by atoms with E-state index >= 15 is 0 Å². The highest BCUT2D eigenvalue weighted by Gasteiger charge is 2.18. The highest BCUT2D eigenvalue weighted by molar-refractivity contribution is 5.64. The SMILES string of the molecule is NNc1ccnc(-c2ccc(C3CCC3)cc2)c1. The largest absolute Gasteiger partial charge is 0.324 e. The van der Waals surface area contributed by atoms with Gasteiger partial charge in [-0.05, 0) is 36.5 Å². The predicted molar refractivity (Wildman–Crippen MR) is 74.1 cm³/mol. The third kappa shape index (κ3) is 2.09. The molecule has 3 rings (SSSR count). The molecule has 0 saturated heterocycles. The molecule has 0 spiro atoms. The lowest BCUT2D eigenvalue weighted by Gasteiger charge is -2.25. The molecule has 1 saturated carbocycles. The van der Waals surface area contributed by atoms with Crippen molar-refractivity contribution < 1.29 is 0 Å². The molecule has 1 aromatic carbocycles. The van der Waals surface area contributed by atoms with Crippen molar-refractivity contribution in [1.29, 1.82) is 0 Å². The minimum atomic E-state index is 0.782. The summed E-state index contributed by atoms with van der Waals surface area (Å²) in [6, 6.07) is 12.6. The summed E-state index contributed by atoms with van der Waals surface area (Å²) in [6.07, 6.45) is 5.82. The Balaban J connectivity index is 1.86. The summed E-state index contributed by atoms with van der Waals surface area (Å²) < 4.78 is 0. The zero-order valence-electron chi connectivity index (χ0n) is 10.3. The Bertz CT molecular complexity index is 530. The summed E-state index contributed by atoms with van der Waals surface area (Å²) in [5, 5.41) is 0. The van der Waals surface area contributed by atoms with E-state index in [1.54, 1.807) is 6.20 Å². The number of nitrogens with zero attached hydrogens (tertiary/aromatic N) is 1. The van der Waals surface area contributed by atoms with E-state index in [1.807, 2.05) is 12.1 Å². The van der Waals surface area contributed by atoms with Crippen LogP contribution in [0.5, 0.6) is 0 Å². The molecule has 2 aromatic rings. The van der Waals surface area contributed by atoms with Gasteiger partial charge in [0, 0.05) is 11.8 Å². The Morgan fingerprint density at radius 2 is 1.89 bits per heavy atom. The van der Waals surface area contributed by atoms with Crippen molar-refractivity contribution in [2.24, 2.45) is 5.84 Å². The van der Waals surface area contributed by atoms with Crippen molar-refractivity contribution in [3.63, 3.8) is 0 Å². The Labute approximate surface area is 107 Å². The van der Waals surface area contributed by atoms with Gasteiger partial charge >= 0.3 is 0 Å². The van der Waals surface area contributed by atoms with Crippen LogP contribution in [-0.2, 0) is 0 Å². The maximum absolute atomic E-state index is 5.41. The second-order valence-corrected chi connectivity index (χ2v) is 4.82. The van der Waals surface area contributed by atoms with Crippen LogP contribution in [0.4, 0.5) is 5.69 Å². The summed E-state index contributed by atoms with van der Waals surface area (Å²) in [7, 11) is 0. The van der Waals surface area contributed by atoms with Crippen LogP contribution >= 0.6 is 0 Å². The number of benzene rings is 1. The molecule has 0 aliphatic heterocycles. The summed E-state index contributed by atoms with van der Waals surface area (Å²) in [5.74, 6) is 6.19. The average Bonchev–Trinajstić information content (AvgIpc) is 2.38. The Kier molecular flexibility index (Phi) is 2.99. The maximum atomic E-state index is 5.41. The van der Waals surface area contributed by atoms with Gasteiger partial charge in [-0.25, -0.2) is 0 Å². The second-order valence-electron chi connectivity index (χ2n) is 4.82. The monoisotopic (exact) mass is 239 g/mol. The molecule has 0 radical (unpaired) electrons. The van der Waals surface area contributed by atoms with E-state index in [1.165, 1.54) is 24.8 Å². The first kappa shape index (κ1) is 11.2. The Morgan fingerprint density at radius 1 is 1.11 bits per heavy atom. The molecule has 1 heterocycles. The molecule has 3 nitrogen and oxygen atoms in total. The number of pyridine rings is 1. The summed E-state index contributed by atoms with van der Waals surface area (Å²) in [6.45, 7) is 0. The van der Waals surface area contributed by atoms with Gasteiger partial charge in [-0.3, -0.25) is 10.8 Å². The van der Waals surface area contributed by atoms with E-state index in [9.17, 15) is 0 Å². The minimum Gasteiger partial charge on any atom is -0.324 e. The summed E-state index contributed by atoms with van der Waals surface area (Å²) in [5.41, 5.74) is 7.06. The molecule has 0 bridgehead atoms. The Morgan fingerprint density at radius 3 is 2.50 bits per heavy atom. The van der Waals surface area contributed by atoms with Gasteiger partial charge in [-0.2, -0.15) is 0 Å². The molecule has 1 aromatic heterocycles. The van der Waals surface area contributed by atoms with Crippen LogP contribution in [0.15, 0.2) is 42.6 Å². The number of hydrazine groups is 1. The number of nitrogens with two attached hydrogens (primary N) is 1. The molecule has 0 unspecified atom stereocenters. The Hall–Kier alpha value is -1.87. The van der Waals surface area contributed by atoms with Gasteiger partial charge in [-0.15, -0.1) is 0 Å². The van der Waals surface area contributed by atoms with Gasteiger partial charge < -0.3 is 5.43 Å². The van der Waals surface area contributed by atoms with Gasteiger partial charge in [0.05, 0.1) is 11.4 Å². The fraction of sp³-hybridized carbons (Fsp3) is 0.267. The third-order valence-corrected chi connectivity index (χ3v) is 3.71. The molecular weight excluding hydrogens is 222 g/mol. The number of hydrogen-bond acceptors (Lipinski definition) is 3. The van der Waals surface area contributed by atoms with E-state index in [2.05, 4.69) is 34.7 Å². The fourth-order valence-corrected chi connectivity index (χ4v) is 2.35. The van der Waals surface area contributed by atoms with Gasteiger partial charge in [0.15, 0.2) is 0 Å². The molecule has 1 fully saturated rings. The third-order valence-electron chi connectivity index (χ3n) is 3.71. The van der Waals surface area contributed by atoms with Crippen molar-refractivity contribution in [3.05, 3.63) is 48.2 Å². The molecule has 18 heavy (non-hydrogen) atoms. The molecule has 3 N–H and O–H groups in total. The van der Waals surface area contributed by atoms with Crippen LogP contribution in [-0.4, -0.2) is 4.98 Å². The molecule has 92 valence electrons.